The summed E-state index contributed by atoms with van der Waals surface area (Å²) in [4.78, 5) is 58.6. The molecule has 7 atom stereocenters. The number of carbonyl (C=O) groups excluding carboxylic acids is 4. The number of Topliss-reactive ketones (excluding diaryl/α,β-unsaturated/α-hetero) is 1. The Morgan fingerprint density at radius 1 is 1.11 bits per heavy atom. The molecule has 0 saturated heterocycles. The molecule has 4 aliphatic rings. The summed E-state index contributed by atoms with van der Waals surface area (Å²) in [5.41, 5.74) is -2.08. The number of aliphatic hydroxyl groups is 3. The van der Waals surface area contributed by atoms with Crippen molar-refractivity contribution in [1.82, 2.24) is 0 Å². The van der Waals surface area contributed by atoms with Gasteiger partial charge in [0.2, 0.25) is 0 Å². The summed E-state index contributed by atoms with van der Waals surface area (Å²) in [6, 6.07) is 0. The van der Waals surface area contributed by atoms with Crippen LogP contribution in [0.3, 0.4) is 0 Å². The highest BCUT2D eigenvalue weighted by molar-refractivity contribution is 6.02. The Kier molecular flexibility index (Phi) is 7.05. The summed E-state index contributed by atoms with van der Waals surface area (Å²) in [6.45, 7) is 4.79. The summed E-state index contributed by atoms with van der Waals surface area (Å²) in [5, 5.41) is 32.4. The number of aliphatic hydroxyl groups excluding tert-OH is 2. The number of hydrogen-bond donors (Lipinski definition) is 3. The minimum atomic E-state index is -1.71. The van der Waals surface area contributed by atoms with E-state index in [0.717, 1.165) is 5.57 Å². The summed E-state index contributed by atoms with van der Waals surface area (Å²) in [7, 11) is 0. The number of allylic oxidation sites excluding steroid dienone is 3. The van der Waals surface area contributed by atoms with E-state index >= 15 is 0 Å². The Balaban J connectivity index is 1.64. The van der Waals surface area contributed by atoms with Crippen LogP contribution in [-0.4, -0.2) is 57.1 Å². The van der Waals surface area contributed by atoms with Crippen LogP contribution in [0.25, 0.3) is 0 Å². The summed E-state index contributed by atoms with van der Waals surface area (Å²) in [6.07, 6.45) is 4.65. The lowest BCUT2D eigenvalue weighted by Gasteiger charge is -2.60. The van der Waals surface area contributed by atoms with Crippen molar-refractivity contribution in [1.29, 1.82) is 0 Å². The van der Waals surface area contributed by atoms with E-state index < -0.39 is 46.9 Å². The van der Waals surface area contributed by atoms with Gasteiger partial charge in [0.05, 0.1) is 12.5 Å². The molecule has 0 aromatic carbocycles. The predicted molar refractivity (Wildman–Crippen MR) is 126 cm³/mol. The minimum Gasteiger partial charge on any atom is -0.393 e. The first-order chi connectivity index (χ1) is 16.9. The number of carbonyl (C=O) groups is 4. The molecule has 4 aliphatic carbocycles. The van der Waals surface area contributed by atoms with Crippen LogP contribution >= 0.6 is 0 Å². The average molecular weight is 505 g/mol. The van der Waals surface area contributed by atoms with Gasteiger partial charge < -0.3 is 15.3 Å². The first-order valence-electron chi connectivity index (χ1n) is 12.8. The van der Waals surface area contributed by atoms with Crippen LogP contribution in [0, 0.1) is 28.6 Å². The highest BCUT2D eigenvalue weighted by atomic mass is 17.2. The van der Waals surface area contributed by atoms with Crippen molar-refractivity contribution in [3.8, 4) is 0 Å². The van der Waals surface area contributed by atoms with E-state index in [1.807, 2.05) is 13.8 Å². The lowest BCUT2D eigenvalue weighted by Crippen LogP contribution is -2.62. The fourth-order valence-corrected chi connectivity index (χ4v) is 7.89. The molecule has 0 aliphatic heterocycles. The zero-order chi connectivity index (χ0) is 26.5. The molecule has 0 radical (unpaired) electrons. The molecule has 36 heavy (non-hydrogen) atoms. The highest BCUT2D eigenvalue weighted by Crippen LogP contribution is 2.68. The standard InChI is InChI=1S/C27H36O9/c1-4-5-22(32)35-36-23(33)12-16-11-17(29)10-15-6-7-18-19-8-9-27(34,21(31)14-28)25(19,2)13-20(30)24(18)26(15,16)3/h10-11,18-20,24,28,30,34H,4-9,12-14H2,1-3H3/t18-,19-,20-,24+,25-,26+,27-/m0/s1. The molecule has 0 bridgehead atoms. The van der Waals surface area contributed by atoms with Crippen LogP contribution < -0.4 is 0 Å². The molecule has 0 amide bonds. The van der Waals surface area contributed by atoms with E-state index in [4.69, 9.17) is 4.89 Å². The molecular formula is C27H36O9. The van der Waals surface area contributed by atoms with Crippen molar-refractivity contribution in [2.24, 2.45) is 28.6 Å². The molecule has 0 heterocycles. The SMILES string of the molecule is CCCC(=O)OOC(=O)CC1=CC(=O)C=C2CC[C@@H]3[C@H]([C@@H](O)C[C@@]4(C)[C@H]3CC[C@]4(O)C(=O)CO)[C@]21C. The first-order valence-corrected chi connectivity index (χ1v) is 12.8. The van der Waals surface area contributed by atoms with E-state index in [0.29, 0.717) is 31.3 Å². The molecule has 3 fully saturated rings. The van der Waals surface area contributed by atoms with Gasteiger partial charge in [0.1, 0.15) is 12.2 Å². The second kappa shape index (κ2) is 9.50. The van der Waals surface area contributed by atoms with Gasteiger partial charge in [-0.15, -0.1) is 0 Å². The molecule has 4 rings (SSSR count). The van der Waals surface area contributed by atoms with Crippen LogP contribution in [-0.2, 0) is 29.0 Å². The van der Waals surface area contributed by atoms with Crippen molar-refractivity contribution in [3.05, 3.63) is 23.3 Å². The van der Waals surface area contributed by atoms with Crippen molar-refractivity contribution >= 4 is 23.5 Å². The lowest BCUT2D eigenvalue weighted by molar-refractivity contribution is -0.258. The first kappa shape index (κ1) is 26.7. The molecule has 0 aromatic rings. The minimum absolute atomic E-state index is 0.0728. The molecule has 9 nitrogen and oxygen atoms in total. The maximum absolute atomic E-state index is 12.6. The van der Waals surface area contributed by atoms with Crippen LogP contribution in [0.15, 0.2) is 23.3 Å². The van der Waals surface area contributed by atoms with E-state index in [-0.39, 0.29) is 49.2 Å². The van der Waals surface area contributed by atoms with Gasteiger partial charge in [0.25, 0.3) is 0 Å². The zero-order valence-electron chi connectivity index (χ0n) is 21.1. The fourth-order valence-electron chi connectivity index (χ4n) is 7.89. The van der Waals surface area contributed by atoms with Gasteiger partial charge in [-0.25, -0.2) is 19.4 Å². The number of fused-ring (bicyclic) bond motifs is 5. The van der Waals surface area contributed by atoms with E-state index in [9.17, 15) is 34.5 Å². The maximum atomic E-state index is 12.6. The van der Waals surface area contributed by atoms with Gasteiger partial charge >= 0.3 is 11.9 Å². The maximum Gasteiger partial charge on any atom is 0.359 e. The number of hydrogen-bond acceptors (Lipinski definition) is 9. The smallest absolute Gasteiger partial charge is 0.359 e. The molecule has 0 unspecified atom stereocenters. The Labute approximate surface area is 210 Å². The largest absolute Gasteiger partial charge is 0.393 e. The summed E-state index contributed by atoms with van der Waals surface area (Å²) >= 11 is 0. The number of ketones is 2. The second-order valence-corrected chi connectivity index (χ2v) is 11.3. The van der Waals surface area contributed by atoms with E-state index in [1.165, 1.54) is 6.08 Å². The van der Waals surface area contributed by atoms with Gasteiger partial charge in [-0.3, -0.25) is 9.59 Å². The van der Waals surface area contributed by atoms with Gasteiger partial charge in [-0.05, 0) is 68.1 Å². The van der Waals surface area contributed by atoms with E-state index in [1.54, 1.807) is 13.0 Å². The summed E-state index contributed by atoms with van der Waals surface area (Å²) in [5.74, 6) is -2.83. The molecule has 9 heteroatoms. The van der Waals surface area contributed by atoms with Crippen LogP contribution in [0.4, 0.5) is 0 Å². The quantitative estimate of drug-likeness (QED) is 0.365. The Morgan fingerprint density at radius 2 is 1.81 bits per heavy atom. The average Bonchev–Trinajstić information content (AvgIpc) is 3.09. The molecule has 0 spiro atoms. The Bertz CT molecular complexity index is 1030. The zero-order valence-corrected chi connectivity index (χ0v) is 21.1. The predicted octanol–water partition coefficient (Wildman–Crippen LogP) is 2.12. The topological polar surface area (TPSA) is 147 Å². The lowest BCUT2D eigenvalue weighted by atomic mass is 9.44. The highest BCUT2D eigenvalue weighted by Gasteiger charge is 2.68. The van der Waals surface area contributed by atoms with Crippen LogP contribution in [0.2, 0.25) is 0 Å². The van der Waals surface area contributed by atoms with Crippen LogP contribution in [0.1, 0.15) is 72.1 Å². The Hall–Kier alpha value is -2.36. The van der Waals surface area contributed by atoms with Gasteiger partial charge in [0, 0.05) is 23.2 Å². The molecule has 3 saturated carbocycles. The Morgan fingerprint density at radius 3 is 2.47 bits per heavy atom. The second-order valence-electron chi connectivity index (χ2n) is 11.3. The van der Waals surface area contributed by atoms with Crippen molar-refractivity contribution in [2.45, 2.75) is 83.8 Å². The van der Waals surface area contributed by atoms with Gasteiger partial charge in [0.15, 0.2) is 11.6 Å². The van der Waals surface area contributed by atoms with Gasteiger partial charge in [-0.1, -0.05) is 26.3 Å². The van der Waals surface area contributed by atoms with Gasteiger partial charge in [-0.2, -0.15) is 0 Å². The third-order valence-corrected chi connectivity index (χ3v) is 9.61. The summed E-state index contributed by atoms with van der Waals surface area (Å²) < 4.78 is 0. The molecule has 0 aromatic heterocycles. The van der Waals surface area contributed by atoms with E-state index in [2.05, 4.69) is 4.89 Å². The third-order valence-electron chi connectivity index (χ3n) is 9.61. The number of rotatable bonds is 6. The van der Waals surface area contributed by atoms with Crippen molar-refractivity contribution in [2.75, 3.05) is 6.61 Å². The molecule has 3 N–H and O–H groups in total. The monoisotopic (exact) mass is 504 g/mol. The third kappa shape index (κ3) is 3.96. The fraction of sp³-hybridized carbons (Fsp3) is 0.704. The normalized spacial score (nSPS) is 39.2. The van der Waals surface area contributed by atoms with Crippen LogP contribution in [0.5, 0.6) is 0 Å². The van der Waals surface area contributed by atoms with Crippen molar-refractivity contribution in [3.63, 3.8) is 0 Å². The molecule has 198 valence electrons. The molecular weight excluding hydrogens is 468 g/mol. The van der Waals surface area contributed by atoms with Crippen molar-refractivity contribution < 1.29 is 44.3 Å².